The number of benzene rings is 1. The first kappa shape index (κ1) is 13.3. The van der Waals surface area contributed by atoms with Gasteiger partial charge in [0.1, 0.15) is 17.4 Å². The maximum absolute atomic E-state index is 5.77. The molecule has 100 valence electrons. The smallest absolute Gasteiger partial charge is 0.224 e. The Balaban J connectivity index is 2.17. The third-order valence-corrected chi connectivity index (χ3v) is 2.58. The molecule has 4 nitrogen and oxygen atoms in total. The van der Waals surface area contributed by atoms with Gasteiger partial charge in [0.25, 0.3) is 0 Å². The topological polar surface area (TPSA) is 47.0 Å². The molecular formula is C15H19N3O. The van der Waals surface area contributed by atoms with Crippen molar-refractivity contribution in [2.45, 2.75) is 27.2 Å². The predicted molar refractivity (Wildman–Crippen MR) is 76.8 cm³/mol. The minimum atomic E-state index is 0.566. The van der Waals surface area contributed by atoms with Crippen LogP contribution in [0, 0.1) is 13.8 Å². The Kier molecular flexibility index (Phi) is 4.34. The lowest BCUT2D eigenvalue weighted by atomic mass is 10.2. The Bertz CT molecular complexity index is 555. The molecule has 0 spiro atoms. The van der Waals surface area contributed by atoms with Gasteiger partial charge >= 0.3 is 0 Å². The largest absolute Gasteiger partial charge is 0.439 e. The third kappa shape index (κ3) is 3.95. The van der Waals surface area contributed by atoms with Gasteiger partial charge in [-0.05, 0) is 38.0 Å². The lowest BCUT2D eigenvalue weighted by molar-refractivity contribution is 0.460. The number of nitrogens with zero attached hydrogens (tertiary/aromatic N) is 2. The van der Waals surface area contributed by atoms with Crippen molar-refractivity contribution in [3.63, 3.8) is 0 Å². The highest BCUT2D eigenvalue weighted by Crippen LogP contribution is 2.22. The van der Waals surface area contributed by atoms with E-state index in [0.717, 1.165) is 30.1 Å². The number of nitrogens with one attached hydrogen (secondary N) is 1. The monoisotopic (exact) mass is 257 g/mol. The van der Waals surface area contributed by atoms with Crippen molar-refractivity contribution in [1.82, 2.24) is 9.97 Å². The summed E-state index contributed by atoms with van der Waals surface area (Å²) in [6.45, 7) is 6.90. The van der Waals surface area contributed by atoms with E-state index < -0.39 is 0 Å². The normalized spacial score (nSPS) is 10.3. The van der Waals surface area contributed by atoms with E-state index in [1.165, 1.54) is 0 Å². The maximum Gasteiger partial charge on any atom is 0.224 e. The fourth-order valence-electron chi connectivity index (χ4n) is 1.74. The Morgan fingerprint density at radius 1 is 1.16 bits per heavy atom. The number of hydrogen-bond donors (Lipinski definition) is 1. The molecule has 0 fully saturated rings. The molecule has 0 amide bonds. The van der Waals surface area contributed by atoms with Crippen LogP contribution < -0.4 is 10.1 Å². The van der Waals surface area contributed by atoms with Crippen molar-refractivity contribution in [1.29, 1.82) is 0 Å². The first-order valence-corrected chi connectivity index (χ1v) is 6.51. The molecule has 2 rings (SSSR count). The second-order valence-electron chi connectivity index (χ2n) is 4.48. The molecule has 0 saturated heterocycles. The van der Waals surface area contributed by atoms with Gasteiger partial charge in [0.2, 0.25) is 5.88 Å². The van der Waals surface area contributed by atoms with Crippen LogP contribution in [-0.4, -0.2) is 16.5 Å². The summed E-state index contributed by atoms with van der Waals surface area (Å²) in [5, 5.41) is 3.24. The van der Waals surface area contributed by atoms with Gasteiger partial charge in [-0.3, -0.25) is 0 Å². The molecule has 1 heterocycles. The Morgan fingerprint density at radius 2 is 2.00 bits per heavy atom. The number of rotatable bonds is 5. The molecule has 19 heavy (non-hydrogen) atoms. The van der Waals surface area contributed by atoms with Gasteiger partial charge < -0.3 is 10.1 Å². The number of ether oxygens (including phenoxy) is 1. The molecule has 1 N–H and O–H groups in total. The predicted octanol–water partition coefficient (Wildman–Crippen LogP) is 3.71. The van der Waals surface area contributed by atoms with Crippen LogP contribution in [0.3, 0.4) is 0 Å². The third-order valence-electron chi connectivity index (χ3n) is 2.58. The van der Waals surface area contributed by atoms with Crippen LogP contribution in [0.5, 0.6) is 11.6 Å². The van der Waals surface area contributed by atoms with E-state index >= 15 is 0 Å². The van der Waals surface area contributed by atoms with E-state index in [1.54, 1.807) is 0 Å². The summed E-state index contributed by atoms with van der Waals surface area (Å²) >= 11 is 0. The minimum Gasteiger partial charge on any atom is -0.439 e. The van der Waals surface area contributed by atoms with Crippen LogP contribution in [0.4, 0.5) is 5.82 Å². The molecule has 0 aliphatic carbocycles. The average molecular weight is 257 g/mol. The summed E-state index contributed by atoms with van der Waals surface area (Å²) in [4.78, 5) is 8.62. The molecule has 4 heteroatoms. The molecule has 0 radical (unpaired) electrons. The molecule has 1 aromatic carbocycles. The van der Waals surface area contributed by atoms with Crippen LogP contribution in [0.1, 0.15) is 24.7 Å². The molecule has 1 aromatic heterocycles. The highest BCUT2D eigenvalue weighted by Gasteiger charge is 2.04. The zero-order valence-electron chi connectivity index (χ0n) is 11.6. The molecule has 0 aliphatic heterocycles. The Morgan fingerprint density at radius 3 is 2.74 bits per heavy atom. The Labute approximate surface area is 113 Å². The first-order chi connectivity index (χ1) is 9.17. The molecule has 2 aromatic rings. The highest BCUT2D eigenvalue weighted by molar-refractivity contribution is 5.40. The maximum atomic E-state index is 5.77. The summed E-state index contributed by atoms with van der Waals surface area (Å²) in [6.07, 6.45) is 1.05. The van der Waals surface area contributed by atoms with Crippen molar-refractivity contribution in [2.75, 3.05) is 11.9 Å². The summed E-state index contributed by atoms with van der Waals surface area (Å²) in [7, 11) is 0. The Hall–Kier alpha value is -2.10. The molecule has 0 aliphatic rings. The molecular weight excluding hydrogens is 238 g/mol. The van der Waals surface area contributed by atoms with E-state index in [4.69, 9.17) is 4.74 Å². The van der Waals surface area contributed by atoms with Crippen molar-refractivity contribution in [3.8, 4) is 11.6 Å². The number of anilines is 1. The fraction of sp³-hybridized carbons (Fsp3) is 0.333. The van der Waals surface area contributed by atoms with Crippen molar-refractivity contribution < 1.29 is 4.74 Å². The highest BCUT2D eigenvalue weighted by atomic mass is 16.5. The lowest BCUT2D eigenvalue weighted by Crippen LogP contribution is -2.04. The van der Waals surface area contributed by atoms with E-state index in [9.17, 15) is 0 Å². The second-order valence-corrected chi connectivity index (χ2v) is 4.48. The van der Waals surface area contributed by atoms with Gasteiger partial charge in [0.15, 0.2) is 0 Å². The van der Waals surface area contributed by atoms with Crippen LogP contribution in [0.25, 0.3) is 0 Å². The van der Waals surface area contributed by atoms with Gasteiger partial charge in [-0.1, -0.05) is 19.1 Å². The zero-order chi connectivity index (χ0) is 13.7. The quantitative estimate of drug-likeness (QED) is 0.887. The number of aromatic nitrogens is 2. The van der Waals surface area contributed by atoms with E-state index in [-0.39, 0.29) is 0 Å². The summed E-state index contributed by atoms with van der Waals surface area (Å²) in [5.74, 6) is 2.86. The summed E-state index contributed by atoms with van der Waals surface area (Å²) < 4.78 is 5.77. The SMILES string of the molecule is CCCNc1cc(Oc2cccc(C)c2)nc(C)n1. The summed E-state index contributed by atoms with van der Waals surface area (Å²) in [5.41, 5.74) is 1.16. The molecule has 0 unspecified atom stereocenters. The fourth-order valence-corrected chi connectivity index (χ4v) is 1.74. The van der Waals surface area contributed by atoms with E-state index in [0.29, 0.717) is 11.7 Å². The van der Waals surface area contributed by atoms with Crippen LogP contribution in [0.2, 0.25) is 0 Å². The summed E-state index contributed by atoms with van der Waals surface area (Å²) in [6, 6.07) is 9.73. The van der Waals surface area contributed by atoms with Crippen molar-refractivity contribution in [3.05, 3.63) is 41.7 Å². The van der Waals surface area contributed by atoms with Crippen LogP contribution in [0.15, 0.2) is 30.3 Å². The van der Waals surface area contributed by atoms with Gasteiger partial charge in [-0.25, -0.2) is 4.98 Å². The molecule has 0 atom stereocenters. The first-order valence-electron chi connectivity index (χ1n) is 6.51. The van der Waals surface area contributed by atoms with E-state index in [1.807, 2.05) is 44.2 Å². The van der Waals surface area contributed by atoms with Crippen LogP contribution >= 0.6 is 0 Å². The molecule has 0 bridgehead atoms. The number of aryl methyl sites for hydroxylation is 2. The van der Waals surface area contributed by atoms with Crippen molar-refractivity contribution in [2.24, 2.45) is 0 Å². The van der Waals surface area contributed by atoms with Gasteiger partial charge in [-0.15, -0.1) is 0 Å². The van der Waals surface area contributed by atoms with Gasteiger partial charge in [0.05, 0.1) is 0 Å². The van der Waals surface area contributed by atoms with Crippen LogP contribution in [-0.2, 0) is 0 Å². The zero-order valence-corrected chi connectivity index (χ0v) is 11.6. The number of hydrogen-bond acceptors (Lipinski definition) is 4. The lowest BCUT2D eigenvalue weighted by Gasteiger charge is -2.09. The second kappa shape index (κ2) is 6.18. The van der Waals surface area contributed by atoms with E-state index in [2.05, 4.69) is 22.2 Å². The molecule has 0 saturated carbocycles. The average Bonchev–Trinajstić information content (AvgIpc) is 2.35. The van der Waals surface area contributed by atoms with Gasteiger partial charge in [-0.2, -0.15) is 4.98 Å². The van der Waals surface area contributed by atoms with Gasteiger partial charge in [0, 0.05) is 12.6 Å². The minimum absolute atomic E-state index is 0.566. The standard InChI is InChI=1S/C15H19N3O/c1-4-8-16-14-10-15(18-12(3)17-14)19-13-7-5-6-11(2)9-13/h5-7,9-10H,4,8H2,1-3H3,(H,16,17,18). The van der Waals surface area contributed by atoms with Crippen molar-refractivity contribution >= 4 is 5.82 Å².